The summed E-state index contributed by atoms with van der Waals surface area (Å²) in [6, 6.07) is 0.476. The van der Waals surface area contributed by atoms with Crippen LogP contribution in [0.15, 0.2) is 6.20 Å². The van der Waals surface area contributed by atoms with Crippen molar-refractivity contribution >= 4 is 17.7 Å². The zero-order chi connectivity index (χ0) is 19.8. The molecule has 2 aliphatic carbocycles. The number of nitrogens with zero attached hydrogens (tertiary/aromatic N) is 2. The smallest absolute Gasteiger partial charge is 0.256 e. The first-order chi connectivity index (χ1) is 13.7. The highest BCUT2D eigenvalue weighted by molar-refractivity contribution is 5.98. The highest BCUT2D eigenvalue weighted by Gasteiger charge is 2.24. The van der Waals surface area contributed by atoms with Gasteiger partial charge in [-0.1, -0.05) is 32.6 Å². The highest BCUT2D eigenvalue weighted by Crippen LogP contribution is 2.24. The Balaban J connectivity index is 1.71. The summed E-state index contributed by atoms with van der Waals surface area (Å²) in [7, 11) is 0. The first kappa shape index (κ1) is 20.8. The van der Waals surface area contributed by atoms with E-state index in [-0.39, 0.29) is 24.1 Å². The standard InChI is InChI=1S/C21H35N5O2/c1-2-3-13-22-21-23-14-18(20(28)25-15-7-5-4-6-8-15)19(26-21)24-16-9-11-17(27)12-10-16/h14-17,27H,2-13H2,1H3,(H,25,28)(H2,22,23,24,26). The molecule has 2 saturated carbocycles. The van der Waals surface area contributed by atoms with E-state index in [2.05, 4.69) is 32.8 Å². The van der Waals surface area contributed by atoms with Crippen LogP contribution in [0.1, 0.15) is 87.9 Å². The van der Waals surface area contributed by atoms with Crippen molar-refractivity contribution in [2.45, 2.75) is 95.7 Å². The first-order valence-electron chi connectivity index (χ1n) is 11.0. The summed E-state index contributed by atoms with van der Waals surface area (Å²) in [6.07, 6.45) is 12.6. The molecule has 2 fully saturated rings. The molecular formula is C21H35N5O2. The Morgan fingerprint density at radius 2 is 1.86 bits per heavy atom. The van der Waals surface area contributed by atoms with Crippen molar-refractivity contribution in [3.05, 3.63) is 11.8 Å². The molecular weight excluding hydrogens is 354 g/mol. The van der Waals surface area contributed by atoms with Crippen molar-refractivity contribution in [2.75, 3.05) is 17.2 Å². The normalized spacial score (nSPS) is 23.2. The maximum atomic E-state index is 12.9. The fraction of sp³-hybridized carbons (Fsp3) is 0.762. The van der Waals surface area contributed by atoms with Crippen molar-refractivity contribution in [3.8, 4) is 0 Å². The number of hydrogen-bond donors (Lipinski definition) is 4. The summed E-state index contributed by atoms with van der Waals surface area (Å²) in [5.41, 5.74) is 0.512. The van der Waals surface area contributed by atoms with Gasteiger partial charge in [-0.25, -0.2) is 4.98 Å². The third-order valence-electron chi connectivity index (χ3n) is 5.82. The van der Waals surface area contributed by atoms with Gasteiger partial charge in [0.2, 0.25) is 5.95 Å². The third-order valence-corrected chi connectivity index (χ3v) is 5.82. The van der Waals surface area contributed by atoms with Gasteiger partial charge in [0.15, 0.2) is 0 Å². The third kappa shape index (κ3) is 6.06. The number of aromatic nitrogens is 2. The van der Waals surface area contributed by atoms with Gasteiger partial charge in [-0.05, 0) is 44.9 Å². The van der Waals surface area contributed by atoms with Gasteiger partial charge in [0.25, 0.3) is 5.91 Å². The molecule has 1 aromatic heterocycles. The predicted molar refractivity (Wildman–Crippen MR) is 112 cm³/mol. The van der Waals surface area contributed by atoms with Crippen LogP contribution in [0.25, 0.3) is 0 Å². The lowest BCUT2D eigenvalue weighted by molar-refractivity contribution is 0.0927. The van der Waals surface area contributed by atoms with E-state index in [4.69, 9.17) is 0 Å². The van der Waals surface area contributed by atoms with E-state index >= 15 is 0 Å². The Labute approximate surface area is 168 Å². The molecule has 7 nitrogen and oxygen atoms in total. The Morgan fingerprint density at radius 3 is 2.57 bits per heavy atom. The molecule has 28 heavy (non-hydrogen) atoms. The molecule has 156 valence electrons. The zero-order valence-corrected chi connectivity index (χ0v) is 17.0. The number of carbonyl (C=O) groups excluding carboxylic acids is 1. The van der Waals surface area contributed by atoms with Crippen LogP contribution in [0.5, 0.6) is 0 Å². The van der Waals surface area contributed by atoms with Crippen molar-refractivity contribution in [2.24, 2.45) is 0 Å². The second kappa shape index (κ2) is 10.6. The van der Waals surface area contributed by atoms with Crippen LogP contribution >= 0.6 is 0 Å². The van der Waals surface area contributed by atoms with Gasteiger partial charge in [-0.3, -0.25) is 4.79 Å². The van der Waals surface area contributed by atoms with Gasteiger partial charge in [-0.2, -0.15) is 4.98 Å². The van der Waals surface area contributed by atoms with Crippen molar-refractivity contribution in [1.29, 1.82) is 0 Å². The minimum atomic E-state index is -0.205. The minimum Gasteiger partial charge on any atom is -0.393 e. The lowest BCUT2D eigenvalue weighted by atomic mass is 9.93. The average Bonchev–Trinajstić information content (AvgIpc) is 2.71. The molecule has 0 aliphatic heterocycles. The number of carbonyl (C=O) groups is 1. The van der Waals surface area contributed by atoms with Crippen LogP contribution in [-0.4, -0.2) is 45.7 Å². The topological polar surface area (TPSA) is 99.2 Å². The number of amides is 1. The van der Waals surface area contributed by atoms with Crippen molar-refractivity contribution in [3.63, 3.8) is 0 Å². The Kier molecular flexibility index (Phi) is 7.89. The van der Waals surface area contributed by atoms with E-state index in [1.165, 1.54) is 19.3 Å². The number of nitrogens with one attached hydrogen (secondary N) is 3. The van der Waals surface area contributed by atoms with E-state index < -0.39 is 0 Å². The van der Waals surface area contributed by atoms with E-state index in [0.717, 1.165) is 57.9 Å². The summed E-state index contributed by atoms with van der Waals surface area (Å²) < 4.78 is 0. The Bertz CT molecular complexity index is 625. The second-order valence-electron chi connectivity index (χ2n) is 8.19. The molecule has 0 radical (unpaired) electrons. The van der Waals surface area contributed by atoms with Crippen LogP contribution in [0.4, 0.5) is 11.8 Å². The van der Waals surface area contributed by atoms with Gasteiger partial charge in [0, 0.05) is 24.8 Å². The molecule has 0 saturated heterocycles. The monoisotopic (exact) mass is 389 g/mol. The molecule has 1 heterocycles. The molecule has 0 bridgehead atoms. The zero-order valence-electron chi connectivity index (χ0n) is 17.0. The van der Waals surface area contributed by atoms with Crippen LogP contribution in [0, 0.1) is 0 Å². The average molecular weight is 390 g/mol. The summed E-state index contributed by atoms with van der Waals surface area (Å²) in [6.45, 7) is 2.96. The number of aliphatic hydroxyl groups is 1. The number of rotatable bonds is 8. The lowest BCUT2D eigenvalue weighted by Gasteiger charge is -2.28. The van der Waals surface area contributed by atoms with E-state index in [9.17, 15) is 9.90 Å². The molecule has 1 amide bonds. The maximum absolute atomic E-state index is 12.9. The SMILES string of the molecule is CCCCNc1ncc(C(=O)NC2CCCCC2)c(NC2CCC(O)CC2)n1. The molecule has 7 heteroatoms. The van der Waals surface area contributed by atoms with Crippen LogP contribution in [-0.2, 0) is 0 Å². The van der Waals surface area contributed by atoms with E-state index in [0.29, 0.717) is 17.3 Å². The summed E-state index contributed by atoms with van der Waals surface area (Å²) in [4.78, 5) is 21.9. The molecule has 3 rings (SSSR count). The van der Waals surface area contributed by atoms with E-state index in [1.54, 1.807) is 6.20 Å². The predicted octanol–water partition coefficient (Wildman–Crippen LogP) is 3.47. The Hall–Kier alpha value is -1.89. The molecule has 2 aliphatic rings. The number of anilines is 2. The summed E-state index contributed by atoms with van der Waals surface area (Å²) in [5, 5.41) is 19.6. The Morgan fingerprint density at radius 1 is 1.11 bits per heavy atom. The quantitative estimate of drug-likeness (QED) is 0.508. The molecule has 0 unspecified atom stereocenters. The molecule has 4 N–H and O–H groups in total. The lowest BCUT2D eigenvalue weighted by Crippen LogP contribution is -2.37. The van der Waals surface area contributed by atoms with Crippen LogP contribution in [0.2, 0.25) is 0 Å². The minimum absolute atomic E-state index is 0.0923. The first-order valence-corrected chi connectivity index (χ1v) is 11.0. The highest BCUT2D eigenvalue weighted by atomic mass is 16.3. The van der Waals surface area contributed by atoms with Crippen LogP contribution < -0.4 is 16.0 Å². The number of aliphatic hydroxyl groups excluding tert-OH is 1. The van der Waals surface area contributed by atoms with E-state index in [1.807, 2.05) is 0 Å². The number of unbranched alkanes of at least 4 members (excludes halogenated alkanes) is 1. The molecule has 0 spiro atoms. The molecule has 1 aromatic rings. The molecule has 0 aromatic carbocycles. The van der Waals surface area contributed by atoms with Gasteiger partial charge < -0.3 is 21.1 Å². The van der Waals surface area contributed by atoms with Crippen molar-refractivity contribution < 1.29 is 9.90 Å². The fourth-order valence-corrected chi connectivity index (χ4v) is 4.04. The van der Waals surface area contributed by atoms with Gasteiger partial charge in [0.05, 0.1) is 6.10 Å². The van der Waals surface area contributed by atoms with Gasteiger partial charge in [0.1, 0.15) is 11.4 Å². The number of hydrogen-bond acceptors (Lipinski definition) is 6. The largest absolute Gasteiger partial charge is 0.393 e. The summed E-state index contributed by atoms with van der Waals surface area (Å²) >= 11 is 0. The molecule has 0 atom stereocenters. The second-order valence-corrected chi connectivity index (χ2v) is 8.19. The van der Waals surface area contributed by atoms with Gasteiger partial charge >= 0.3 is 0 Å². The fourth-order valence-electron chi connectivity index (χ4n) is 4.04. The van der Waals surface area contributed by atoms with Gasteiger partial charge in [-0.15, -0.1) is 0 Å². The summed E-state index contributed by atoms with van der Waals surface area (Å²) in [5.74, 6) is 1.06. The van der Waals surface area contributed by atoms with Crippen molar-refractivity contribution in [1.82, 2.24) is 15.3 Å². The maximum Gasteiger partial charge on any atom is 0.256 e. The van der Waals surface area contributed by atoms with Crippen LogP contribution in [0.3, 0.4) is 0 Å².